The van der Waals surface area contributed by atoms with Crippen molar-refractivity contribution < 1.29 is 0 Å². The van der Waals surface area contributed by atoms with Crippen LogP contribution in [0.25, 0.3) is 0 Å². The lowest BCUT2D eigenvalue weighted by Crippen LogP contribution is -2.38. The first kappa shape index (κ1) is 21.3. The predicted molar refractivity (Wildman–Crippen MR) is 112 cm³/mol. The van der Waals surface area contributed by atoms with Crippen LogP contribution >= 0.6 is 24.0 Å². The van der Waals surface area contributed by atoms with Crippen molar-refractivity contribution in [1.29, 1.82) is 0 Å². The largest absolute Gasteiger partial charge is 0.357 e. The third kappa shape index (κ3) is 6.99. The van der Waals surface area contributed by atoms with Gasteiger partial charge in [-0.3, -0.25) is 9.67 Å². The van der Waals surface area contributed by atoms with Crippen molar-refractivity contribution in [2.24, 2.45) is 23.9 Å². The summed E-state index contributed by atoms with van der Waals surface area (Å²) >= 11 is 0. The van der Waals surface area contributed by atoms with E-state index >= 15 is 0 Å². The molecular weight excluding hydrogens is 413 g/mol. The third-order valence-corrected chi connectivity index (χ3v) is 4.72. The van der Waals surface area contributed by atoms with Crippen LogP contribution in [0.5, 0.6) is 0 Å². The molecule has 0 saturated heterocycles. The molecule has 138 valence electrons. The van der Waals surface area contributed by atoms with Crippen LogP contribution in [0.2, 0.25) is 0 Å². The second-order valence-electron chi connectivity index (χ2n) is 7.04. The standard InChI is InChI=1S/C18H33N5.HI/c1-5-19-18(22(3)13-17-12-21-23(4)14-17)20-10-9-16-8-6-7-15(2)11-16;/h12,14-16H,5-11,13H2,1-4H3,(H,19,20);1H. The van der Waals surface area contributed by atoms with Gasteiger partial charge in [0.05, 0.1) is 6.20 Å². The molecule has 2 unspecified atom stereocenters. The van der Waals surface area contributed by atoms with Crippen LogP contribution in [-0.4, -0.2) is 40.8 Å². The van der Waals surface area contributed by atoms with E-state index in [9.17, 15) is 0 Å². The molecule has 0 amide bonds. The molecule has 1 aliphatic carbocycles. The van der Waals surface area contributed by atoms with Crippen molar-refractivity contribution in [3.8, 4) is 0 Å². The molecule has 6 heteroatoms. The van der Waals surface area contributed by atoms with Crippen LogP contribution < -0.4 is 5.32 Å². The molecule has 1 aliphatic rings. The van der Waals surface area contributed by atoms with Gasteiger partial charge in [0.25, 0.3) is 0 Å². The summed E-state index contributed by atoms with van der Waals surface area (Å²) in [7, 11) is 4.05. The fourth-order valence-electron chi connectivity index (χ4n) is 3.55. The summed E-state index contributed by atoms with van der Waals surface area (Å²) in [5.41, 5.74) is 1.21. The van der Waals surface area contributed by atoms with Crippen molar-refractivity contribution >= 4 is 29.9 Å². The number of hydrogen-bond acceptors (Lipinski definition) is 2. The maximum atomic E-state index is 4.84. The molecule has 1 heterocycles. The summed E-state index contributed by atoms with van der Waals surface area (Å²) in [6.45, 7) is 7.17. The Morgan fingerprint density at radius 3 is 2.88 bits per heavy atom. The Labute approximate surface area is 164 Å². The number of nitrogens with one attached hydrogen (secondary N) is 1. The Bertz CT molecular complexity index is 499. The summed E-state index contributed by atoms with van der Waals surface area (Å²) in [5.74, 6) is 2.77. The highest BCUT2D eigenvalue weighted by atomic mass is 127. The van der Waals surface area contributed by atoms with E-state index in [-0.39, 0.29) is 24.0 Å². The number of nitrogens with zero attached hydrogens (tertiary/aromatic N) is 4. The van der Waals surface area contributed by atoms with E-state index in [0.29, 0.717) is 0 Å². The number of rotatable bonds is 6. The van der Waals surface area contributed by atoms with Gasteiger partial charge in [-0.1, -0.05) is 26.2 Å². The quantitative estimate of drug-likeness (QED) is 0.412. The average Bonchev–Trinajstić information content (AvgIpc) is 2.91. The highest BCUT2D eigenvalue weighted by Gasteiger charge is 2.18. The van der Waals surface area contributed by atoms with Crippen LogP contribution in [-0.2, 0) is 13.6 Å². The molecule has 1 saturated carbocycles. The molecule has 0 radical (unpaired) electrons. The molecule has 0 aromatic carbocycles. The lowest BCUT2D eigenvalue weighted by atomic mass is 9.81. The second-order valence-corrected chi connectivity index (χ2v) is 7.04. The smallest absolute Gasteiger partial charge is 0.193 e. The number of aryl methyl sites for hydroxylation is 1. The average molecular weight is 447 g/mol. The zero-order chi connectivity index (χ0) is 16.7. The normalized spacial score (nSPS) is 21.2. The maximum Gasteiger partial charge on any atom is 0.193 e. The van der Waals surface area contributed by atoms with Crippen molar-refractivity contribution in [2.45, 2.75) is 52.5 Å². The van der Waals surface area contributed by atoms with Gasteiger partial charge in [-0.25, -0.2) is 0 Å². The van der Waals surface area contributed by atoms with Crippen LogP contribution in [0, 0.1) is 11.8 Å². The van der Waals surface area contributed by atoms with Crippen molar-refractivity contribution in [3.05, 3.63) is 18.0 Å². The fourth-order valence-corrected chi connectivity index (χ4v) is 3.55. The topological polar surface area (TPSA) is 45.5 Å². The van der Waals surface area contributed by atoms with E-state index in [1.807, 2.05) is 17.9 Å². The lowest BCUT2D eigenvalue weighted by Gasteiger charge is -2.26. The first-order chi connectivity index (χ1) is 11.1. The van der Waals surface area contributed by atoms with Gasteiger partial charge in [0, 0.05) is 45.5 Å². The summed E-state index contributed by atoms with van der Waals surface area (Å²) < 4.78 is 1.84. The van der Waals surface area contributed by atoms with Crippen LogP contribution in [0.3, 0.4) is 0 Å². The van der Waals surface area contributed by atoms with Gasteiger partial charge >= 0.3 is 0 Å². The van der Waals surface area contributed by atoms with E-state index < -0.39 is 0 Å². The zero-order valence-electron chi connectivity index (χ0n) is 15.7. The summed E-state index contributed by atoms with van der Waals surface area (Å²) in [6.07, 6.45) is 10.8. The Kier molecular flexibility index (Phi) is 9.69. The zero-order valence-corrected chi connectivity index (χ0v) is 18.0. The van der Waals surface area contributed by atoms with Gasteiger partial charge in [-0.15, -0.1) is 24.0 Å². The molecule has 24 heavy (non-hydrogen) atoms. The SMILES string of the molecule is CCNC(=NCCC1CCCC(C)C1)N(C)Cc1cnn(C)c1.I. The predicted octanol–water partition coefficient (Wildman–Crippen LogP) is 3.65. The number of halogens is 1. The van der Waals surface area contributed by atoms with Gasteiger partial charge in [-0.05, 0) is 31.6 Å². The minimum Gasteiger partial charge on any atom is -0.357 e. The lowest BCUT2D eigenvalue weighted by molar-refractivity contribution is 0.272. The Balaban J connectivity index is 0.00000288. The van der Waals surface area contributed by atoms with E-state index in [1.54, 1.807) is 0 Å². The van der Waals surface area contributed by atoms with Gasteiger partial charge < -0.3 is 10.2 Å². The van der Waals surface area contributed by atoms with Gasteiger partial charge in [0.1, 0.15) is 0 Å². The Hall–Kier alpha value is -0.790. The second kappa shape index (κ2) is 10.9. The number of guanidine groups is 1. The van der Waals surface area contributed by atoms with E-state index in [4.69, 9.17) is 4.99 Å². The highest BCUT2D eigenvalue weighted by molar-refractivity contribution is 14.0. The first-order valence-corrected chi connectivity index (χ1v) is 9.05. The Morgan fingerprint density at radius 2 is 2.25 bits per heavy atom. The molecule has 1 fully saturated rings. The number of aliphatic imine (C=N–C) groups is 1. The monoisotopic (exact) mass is 447 g/mol. The summed E-state index contributed by atoms with van der Waals surface area (Å²) in [5, 5.41) is 7.64. The molecule has 0 spiro atoms. The van der Waals surface area contributed by atoms with E-state index in [1.165, 1.54) is 37.7 Å². The molecular formula is C18H34IN5. The van der Waals surface area contributed by atoms with Crippen LogP contribution in [0.1, 0.15) is 51.5 Å². The van der Waals surface area contributed by atoms with E-state index in [0.717, 1.165) is 37.4 Å². The number of hydrogen-bond donors (Lipinski definition) is 1. The molecule has 1 N–H and O–H groups in total. The highest BCUT2D eigenvalue weighted by Crippen LogP contribution is 2.30. The molecule has 2 atom stereocenters. The van der Waals surface area contributed by atoms with Crippen molar-refractivity contribution in [1.82, 2.24) is 20.0 Å². The maximum absolute atomic E-state index is 4.84. The summed E-state index contributed by atoms with van der Waals surface area (Å²) in [6, 6.07) is 0. The van der Waals surface area contributed by atoms with Crippen molar-refractivity contribution in [3.63, 3.8) is 0 Å². The first-order valence-electron chi connectivity index (χ1n) is 9.05. The molecule has 1 aromatic heterocycles. The molecule has 1 aromatic rings. The van der Waals surface area contributed by atoms with Gasteiger partial charge in [0.15, 0.2) is 5.96 Å². The number of aromatic nitrogens is 2. The molecule has 2 rings (SSSR count). The van der Waals surface area contributed by atoms with Crippen molar-refractivity contribution in [2.75, 3.05) is 20.1 Å². The summed E-state index contributed by atoms with van der Waals surface area (Å²) in [4.78, 5) is 7.02. The third-order valence-electron chi connectivity index (χ3n) is 4.72. The van der Waals surface area contributed by atoms with Gasteiger partial charge in [0.2, 0.25) is 0 Å². The van der Waals surface area contributed by atoms with Crippen LogP contribution in [0.4, 0.5) is 0 Å². The fraction of sp³-hybridized carbons (Fsp3) is 0.778. The Morgan fingerprint density at radius 1 is 1.46 bits per heavy atom. The van der Waals surface area contributed by atoms with Crippen LogP contribution in [0.15, 0.2) is 17.4 Å². The minimum atomic E-state index is 0. The van der Waals surface area contributed by atoms with Gasteiger partial charge in [-0.2, -0.15) is 5.10 Å². The molecule has 0 aliphatic heterocycles. The molecule has 0 bridgehead atoms. The van der Waals surface area contributed by atoms with E-state index in [2.05, 4.69) is 42.4 Å². The molecule has 5 nitrogen and oxygen atoms in total. The minimum absolute atomic E-state index is 0.